The summed E-state index contributed by atoms with van der Waals surface area (Å²) in [6, 6.07) is 7.28. The van der Waals surface area contributed by atoms with E-state index in [-0.39, 0.29) is 24.5 Å². The molecule has 21 heavy (non-hydrogen) atoms. The maximum Gasteiger partial charge on any atom is 0.325 e. The number of hydrogen-bond acceptors (Lipinski definition) is 3. The van der Waals surface area contributed by atoms with Gasteiger partial charge < -0.3 is 15.0 Å². The van der Waals surface area contributed by atoms with Crippen LogP contribution in [-0.4, -0.2) is 49.6 Å². The van der Waals surface area contributed by atoms with Crippen LogP contribution in [0, 0.1) is 0 Å². The third kappa shape index (κ3) is 3.45. The van der Waals surface area contributed by atoms with Crippen molar-refractivity contribution in [3.05, 3.63) is 24.3 Å². The Labute approximate surface area is 124 Å². The maximum atomic E-state index is 12.4. The Morgan fingerprint density at radius 2 is 2.05 bits per heavy atom. The number of carbonyl (C=O) groups is 2. The van der Waals surface area contributed by atoms with Gasteiger partial charge in [-0.1, -0.05) is 12.1 Å². The highest BCUT2D eigenvalue weighted by atomic mass is 16.5. The van der Waals surface area contributed by atoms with Crippen molar-refractivity contribution < 1.29 is 14.3 Å². The summed E-state index contributed by atoms with van der Waals surface area (Å²) in [7, 11) is 1.58. The van der Waals surface area contributed by atoms with Gasteiger partial charge in [0.1, 0.15) is 12.3 Å². The number of rotatable bonds is 5. The summed E-state index contributed by atoms with van der Waals surface area (Å²) in [5.41, 5.74) is 0.733. The van der Waals surface area contributed by atoms with Crippen molar-refractivity contribution >= 4 is 17.6 Å². The number of anilines is 1. The van der Waals surface area contributed by atoms with Crippen molar-refractivity contribution in [3.8, 4) is 5.75 Å². The molecule has 1 aliphatic rings. The van der Waals surface area contributed by atoms with Gasteiger partial charge in [-0.15, -0.1) is 0 Å². The average molecular weight is 291 g/mol. The average Bonchev–Trinajstić information content (AvgIpc) is 2.79. The number of nitrogens with zero attached hydrogens (tertiary/aromatic N) is 2. The Morgan fingerprint density at radius 3 is 2.71 bits per heavy atom. The zero-order chi connectivity index (χ0) is 15.4. The van der Waals surface area contributed by atoms with E-state index in [0.717, 1.165) is 5.69 Å². The SMILES string of the molecule is COc1ccccc1N1CCN(CC(=O)NC(C)C)C1=O. The molecule has 0 aliphatic carbocycles. The summed E-state index contributed by atoms with van der Waals surface area (Å²) in [6.45, 7) is 4.95. The van der Waals surface area contributed by atoms with Crippen LogP contribution in [0.5, 0.6) is 5.75 Å². The molecule has 3 amide bonds. The molecule has 0 unspecified atom stereocenters. The molecule has 114 valence electrons. The van der Waals surface area contributed by atoms with Crippen LogP contribution in [-0.2, 0) is 4.79 Å². The standard InChI is InChI=1S/C15H21N3O3/c1-11(2)16-14(19)10-17-8-9-18(15(17)20)12-6-4-5-7-13(12)21-3/h4-7,11H,8-10H2,1-3H3,(H,16,19). The first kappa shape index (κ1) is 15.2. The fourth-order valence-electron chi connectivity index (χ4n) is 2.35. The van der Waals surface area contributed by atoms with E-state index in [1.807, 2.05) is 38.1 Å². The van der Waals surface area contributed by atoms with Crippen LogP contribution in [0.15, 0.2) is 24.3 Å². The van der Waals surface area contributed by atoms with E-state index in [4.69, 9.17) is 4.74 Å². The van der Waals surface area contributed by atoms with Crippen LogP contribution >= 0.6 is 0 Å². The highest BCUT2D eigenvalue weighted by Gasteiger charge is 2.32. The number of methoxy groups -OCH3 is 1. The molecule has 1 aliphatic heterocycles. The molecule has 0 saturated carbocycles. The summed E-state index contributed by atoms with van der Waals surface area (Å²) < 4.78 is 5.28. The Kier molecular flexibility index (Phi) is 4.67. The van der Waals surface area contributed by atoms with Crippen molar-refractivity contribution in [1.82, 2.24) is 10.2 Å². The van der Waals surface area contributed by atoms with Crippen LogP contribution in [0.1, 0.15) is 13.8 Å². The normalized spacial score (nSPS) is 14.8. The highest BCUT2D eigenvalue weighted by Crippen LogP contribution is 2.30. The van der Waals surface area contributed by atoms with Crippen LogP contribution in [0.25, 0.3) is 0 Å². The molecule has 0 spiro atoms. The predicted octanol–water partition coefficient (Wildman–Crippen LogP) is 1.46. The van der Waals surface area contributed by atoms with Crippen molar-refractivity contribution in [3.63, 3.8) is 0 Å². The number of ether oxygens (including phenoxy) is 1. The van der Waals surface area contributed by atoms with Gasteiger partial charge >= 0.3 is 6.03 Å². The second-order valence-electron chi connectivity index (χ2n) is 5.25. The van der Waals surface area contributed by atoms with Gasteiger partial charge in [0, 0.05) is 19.1 Å². The van der Waals surface area contributed by atoms with Gasteiger partial charge in [-0.05, 0) is 26.0 Å². The number of urea groups is 1. The minimum absolute atomic E-state index is 0.0699. The topological polar surface area (TPSA) is 61.9 Å². The molecule has 1 N–H and O–H groups in total. The van der Waals surface area contributed by atoms with Gasteiger partial charge in [0.05, 0.1) is 12.8 Å². The van der Waals surface area contributed by atoms with Crippen LogP contribution in [0.3, 0.4) is 0 Å². The number of hydrogen-bond donors (Lipinski definition) is 1. The van der Waals surface area contributed by atoms with Gasteiger partial charge in [-0.25, -0.2) is 4.79 Å². The Morgan fingerprint density at radius 1 is 1.33 bits per heavy atom. The van der Waals surface area contributed by atoms with E-state index < -0.39 is 0 Å². The minimum Gasteiger partial charge on any atom is -0.495 e. The van der Waals surface area contributed by atoms with Gasteiger partial charge in [0.15, 0.2) is 0 Å². The lowest BCUT2D eigenvalue weighted by Crippen LogP contribution is -2.42. The Balaban J connectivity index is 2.06. The molecular weight excluding hydrogens is 270 g/mol. The molecule has 0 atom stereocenters. The molecule has 0 bridgehead atoms. The van der Waals surface area contributed by atoms with Crippen molar-refractivity contribution in [2.24, 2.45) is 0 Å². The van der Waals surface area contributed by atoms with E-state index in [0.29, 0.717) is 18.8 Å². The molecule has 0 aromatic heterocycles. The highest BCUT2D eigenvalue weighted by molar-refractivity contribution is 5.97. The number of carbonyl (C=O) groups excluding carboxylic acids is 2. The molecule has 0 radical (unpaired) electrons. The molecular formula is C15H21N3O3. The summed E-state index contributed by atoms with van der Waals surface area (Å²) in [5, 5.41) is 2.79. The zero-order valence-corrected chi connectivity index (χ0v) is 12.6. The summed E-state index contributed by atoms with van der Waals surface area (Å²) in [5.74, 6) is 0.513. The first-order chi connectivity index (χ1) is 10.0. The molecule has 1 fully saturated rings. The second-order valence-corrected chi connectivity index (χ2v) is 5.25. The summed E-state index contributed by atoms with van der Waals surface area (Å²) in [6.07, 6.45) is 0. The Hall–Kier alpha value is -2.24. The monoisotopic (exact) mass is 291 g/mol. The zero-order valence-electron chi connectivity index (χ0n) is 12.6. The van der Waals surface area contributed by atoms with E-state index in [1.54, 1.807) is 16.9 Å². The molecule has 6 heteroatoms. The van der Waals surface area contributed by atoms with Crippen LogP contribution < -0.4 is 15.0 Å². The molecule has 1 aromatic rings. The lowest BCUT2D eigenvalue weighted by molar-refractivity contribution is -0.122. The van der Waals surface area contributed by atoms with Gasteiger partial charge in [0.2, 0.25) is 5.91 Å². The lowest BCUT2D eigenvalue weighted by atomic mass is 10.2. The summed E-state index contributed by atoms with van der Waals surface area (Å²) >= 11 is 0. The third-order valence-electron chi connectivity index (χ3n) is 3.26. The van der Waals surface area contributed by atoms with E-state index in [9.17, 15) is 9.59 Å². The Bertz CT molecular complexity index is 531. The van der Waals surface area contributed by atoms with E-state index >= 15 is 0 Å². The van der Waals surface area contributed by atoms with E-state index in [2.05, 4.69) is 5.32 Å². The van der Waals surface area contributed by atoms with Crippen molar-refractivity contribution in [2.45, 2.75) is 19.9 Å². The fourth-order valence-corrected chi connectivity index (χ4v) is 2.35. The largest absolute Gasteiger partial charge is 0.495 e. The van der Waals surface area contributed by atoms with Gasteiger partial charge in [-0.2, -0.15) is 0 Å². The molecule has 2 rings (SSSR count). The number of para-hydroxylation sites is 2. The molecule has 1 saturated heterocycles. The van der Waals surface area contributed by atoms with E-state index in [1.165, 1.54) is 0 Å². The van der Waals surface area contributed by atoms with Gasteiger partial charge in [-0.3, -0.25) is 9.69 Å². The van der Waals surface area contributed by atoms with Gasteiger partial charge in [0.25, 0.3) is 0 Å². The number of nitrogens with one attached hydrogen (secondary N) is 1. The summed E-state index contributed by atoms with van der Waals surface area (Å²) in [4.78, 5) is 27.4. The van der Waals surface area contributed by atoms with Crippen molar-refractivity contribution in [2.75, 3.05) is 31.6 Å². The molecule has 6 nitrogen and oxygen atoms in total. The smallest absolute Gasteiger partial charge is 0.325 e. The molecule has 1 aromatic carbocycles. The third-order valence-corrected chi connectivity index (χ3v) is 3.26. The first-order valence-corrected chi connectivity index (χ1v) is 7.01. The predicted molar refractivity (Wildman–Crippen MR) is 80.6 cm³/mol. The quantitative estimate of drug-likeness (QED) is 0.893. The fraction of sp³-hybridized carbons (Fsp3) is 0.467. The van der Waals surface area contributed by atoms with Crippen LogP contribution in [0.4, 0.5) is 10.5 Å². The number of amides is 3. The first-order valence-electron chi connectivity index (χ1n) is 7.01. The second kappa shape index (κ2) is 6.47. The minimum atomic E-state index is -0.168. The maximum absolute atomic E-state index is 12.4. The molecule has 1 heterocycles. The lowest BCUT2D eigenvalue weighted by Gasteiger charge is -2.20. The number of benzene rings is 1. The van der Waals surface area contributed by atoms with Crippen molar-refractivity contribution in [1.29, 1.82) is 0 Å². The van der Waals surface area contributed by atoms with Crippen LogP contribution in [0.2, 0.25) is 0 Å².